The van der Waals surface area contributed by atoms with Crippen LogP contribution in [-0.2, 0) is 4.79 Å². The van der Waals surface area contributed by atoms with Gasteiger partial charge in [-0.05, 0) is 31.3 Å². The number of hydrogen-bond donors (Lipinski definition) is 2. The summed E-state index contributed by atoms with van der Waals surface area (Å²) in [7, 11) is 0. The highest BCUT2D eigenvalue weighted by Crippen LogP contribution is 2.05. The van der Waals surface area contributed by atoms with Gasteiger partial charge in [0.1, 0.15) is 0 Å². The molecule has 3 nitrogen and oxygen atoms in total. The molecular formula is C12H25NO2. The van der Waals surface area contributed by atoms with Gasteiger partial charge < -0.3 is 10.4 Å². The van der Waals surface area contributed by atoms with Crippen molar-refractivity contribution in [1.29, 1.82) is 0 Å². The fourth-order valence-electron chi connectivity index (χ4n) is 1.52. The van der Waals surface area contributed by atoms with Crippen molar-refractivity contribution in [2.45, 2.75) is 46.5 Å². The zero-order chi connectivity index (χ0) is 11.7. The molecule has 0 rings (SSSR count). The minimum absolute atomic E-state index is 0.229. The second-order valence-electron chi connectivity index (χ2n) is 4.80. The van der Waals surface area contributed by atoms with Crippen molar-refractivity contribution in [3.63, 3.8) is 0 Å². The molecule has 0 heterocycles. The highest BCUT2D eigenvalue weighted by molar-refractivity contribution is 5.66. The lowest BCUT2D eigenvalue weighted by Crippen LogP contribution is -2.23. The molecular weight excluding hydrogens is 190 g/mol. The predicted molar refractivity (Wildman–Crippen MR) is 63.0 cm³/mol. The zero-order valence-corrected chi connectivity index (χ0v) is 10.3. The molecule has 0 amide bonds. The first-order valence-corrected chi connectivity index (χ1v) is 5.95. The first-order chi connectivity index (χ1) is 7.02. The van der Waals surface area contributed by atoms with E-state index >= 15 is 0 Å². The van der Waals surface area contributed by atoms with Gasteiger partial charge in [-0.15, -0.1) is 0 Å². The third-order valence-corrected chi connectivity index (χ3v) is 2.40. The molecule has 0 aromatic rings. The van der Waals surface area contributed by atoms with Crippen molar-refractivity contribution in [3.8, 4) is 0 Å². The van der Waals surface area contributed by atoms with Crippen molar-refractivity contribution >= 4 is 5.97 Å². The molecule has 1 atom stereocenters. The van der Waals surface area contributed by atoms with E-state index in [0.717, 1.165) is 19.0 Å². The minimum Gasteiger partial charge on any atom is -0.481 e. The second-order valence-corrected chi connectivity index (χ2v) is 4.80. The number of hydrogen-bond acceptors (Lipinski definition) is 2. The lowest BCUT2D eigenvalue weighted by Gasteiger charge is -2.10. The second kappa shape index (κ2) is 8.72. The van der Waals surface area contributed by atoms with Crippen LogP contribution in [0, 0.1) is 11.8 Å². The molecule has 0 aliphatic rings. The minimum atomic E-state index is -0.705. The van der Waals surface area contributed by atoms with Gasteiger partial charge in [-0.3, -0.25) is 4.79 Å². The van der Waals surface area contributed by atoms with Gasteiger partial charge in [-0.1, -0.05) is 33.6 Å². The maximum atomic E-state index is 10.4. The van der Waals surface area contributed by atoms with Gasteiger partial charge >= 0.3 is 5.97 Å². The first-order valence-electron chi connectivity index (χ1n) is 5.95. The van der Waals surface area contributed by atoms with E-state index < -0.39 is 5.97 Å². The van der Waals surface area contributed by atoms with Crippen molar-refractivity contribution in [1.82, 2.24) is 5.32 Å². The Bertz CT molecular complexity index is 169. The van der Waals surface area contributed by atoms with E-state index in [0.29, 0.717) is 0 Å². The van der Waals surface area contributed by atoms with Crippen LogP contribution in [-0.4, -0.2) is 24.2 Å². The van der Waals surface area contributed by atoms with Crippen molar-refractivity contribution in [2.75, 3.05) is 13.1 Å². The van der Waals surface area contributed by atoms with Crippen LogP contribution in [0.5, 0.6) is 0 Å². The topological polar surface area (TPSA) is 49.3 Å². The molecule has 1 unspecified atom stereocenters. The Balaban J connectivity index is 3.20. The van der Waals surface area contributed by atoms with Gasteiger partial charge in [0.15, 0.2) is 0 Å². The van der Waals surface area contributed by atoms with Gasteiger partial charge in [0, 0.05) is 6.42 Å². The number of nitrogens with one attached hydrogen (secondary N) is 1. The standard InChI is InChI=1S/C12H25NO2/c1-10(2)6-4-5-7-13-9-11(3)8-12(14)15/h10-11,13H,4-9H2,1-3H3,(H,14,15). The molecule has 2 N–H and O–H groups in total. The van der Waals surface area contributed by atoms with Gasteiger partial charge in [0.05, 0.1) is 0 Å². The highest BCUT2D eigenvalue weighted by atomic mass is 16.4. The maximum Gasteiger partial charge on any atom is 0.303 e. The Hall–Kier alpha value is -0.570. The monoisotopic (exact) mass is 215 g/mol. The third kappa shape index (κ3) is 11.4. The van der Waals surface area contributed by atoms with Gasteiger partial charge in [0.2, 0.25) is 0 Å². The van der Waals surface area contributed by atoms with Crippen LogP contribution in [0.2, 0.25) is 0 Å². The summed E-state index contributed by atoms with van der Waals surface area (Å²) in [5, 5.41) is 11.9. The number of aliphatic carboxylic acids is 1. The lowest BCUT2D eigenvalue weighted by atomic mass is 10.1. The molecule has 0 bridgehead atoms. The summed E-state index contributed by atoms with van der Waals surface area (Å²) >= 11 is 0. The smallest absolute Gasteiger partial charge is 0.303 e. The van der Waals surface area contributed by atoms with Crippen molar-refractivity contribution in [2.24, 2.45) is 11.8 Å². The first kappa shape index (κ1) is 14.4. The van der Waals surface area contributed by atoms with Crippen molar-refractivity contribution < 1.29 is 9.90 Å². The molecule has 0 saturated carbocycles. The van der Waals surface area contributed by atoms with Crippen LogP contribution in [0.1, 0.15) is 46.5 Å². The van der Waals surface area contributed by atoms with Crippen LogP contribution in [0.15, 0.2) is 0 Å². The highest BCUT2D eigenvalue weighted by Gasteiger charge is 2.06. The number of rotatable bonds is 9. The zero-order valence-electron chi connectivity index (χ0n) is 10.3. The van der Waals surface area contributed by atoms with E-state index in [4.69, 9.17) is 5.11 Å². The number of unbranched alkanes of at least 4 members (excludes halogenated alkanes) is 1. The molecule has 0 aliphatic heterocycles. The molecule has 0 aromatic carbocycles. The van der Waals surface area contributed by atoms with Crippen LogP contribution in [0.4, 0.5) is 0 Å². The van der Waals surface area contributed by atoms with E-state index in [1.54, 1.807) is 0 Å². The summed E-state index contributed by atoms with van der Waals surface area (Å²) in [6.45, 7) is 8.27. The number of carboxylic acid groups (broad SMARTS) is 1. The SMILES string of the molecule is CC(C)CCCCNCC(C)CC(=O)O. The fraction of sp³-hybridized carbons (Fsp3) is 0.917. The Morgan fingerprint density at radius 1 is 1.27 bits per heavy atom. The molecule has 0 spiro atoms. The molecule has 90 valence electrons. The quantitative estimate of drug-likeness (QED) is 0.581. The van der Waals surface area contributed by atoms with E-state index in [1.807, 2.05) is 6.92 Å². The van der Waals surface area contributed by atoms with Crippen molar-refractivity contribution in [3.05, 3.63) is 0 Å². The van der Waals surface area contributed by atoms with E-state index in [9.17, 15) is 4.79 Å². The lowest BCUT2D eigenvalue weighted by molar-refractivity contribution is -0.137. The van der Waals surface area contributed by atoms with Crippen LogP contribution in [0.25, 0.3) is 0 Å². The average molecular weight is 215 g/mol. The van der Waals surface area contributed by atoms with Gasteiger partial charge in [-0.2, -0.15) is 0 Å². The molecule has 15 heavy (non-hydrogen) atoms. The Labute approximate surface area is 93.3 Å². The van der Waals surface area contributed by atoms with E-state index in [2.05, 4.69) is 19.2 Å². The predicted octanol–water partition coefficient (Wildman–Crippen LogP) is 2.51. The molecule has 3 heteroatoms. The average Bonchev–Trinajstić information content (AvgIpc) is 2.09. The molecule has 0 fully saturated rings. The maximum absolute atomic E-state index is 10.4. The number of carbonyl (C=O) groups is 1. The normalized spacial score (nSPS) is 13.1. The summed E-state index contributed by atoms with van der Waals surface area (Å²) in [4.78, 5) is 10.4. The fourth-order valence-corrected chi connectivity index (χ4v) is 1.52. The molecule has 0 saturated heterocycles. The third-order valence-electron chi connectivity index (χ3n) is 2.40. The summed E-state index contributed by atoms with van der Waals surface area (Å²) in [6.07, 6.45) is 4.00. The Morgan fingerprint density at radius 3 is 2.47 bits per heavy atom. The largest absolute Gasteiger partial charge is 0.481 e. The summed E-state index contributed by atoms with van der Waals surface area (Å²) in [6, 6.07) is 0. The molecule has 0 radical (unpaired) electrons. The van der Waals surface area contributed by atoms with E-state index in [-0.39, 0.29) is 12.3 Å². The Morgan fingerprint density at radius 2 is 1.93 bits per heavy atom. The Kier molecular flexibility index (Phi) is 8.38. The van der Waals surface area contributed by atoms with E-state index in [1.165, 1.54) is 19.3 Å². The van der Waals surface area contributed by atoms with Gasteiger partial charge in [0.25, 0.3) is 0 Å². The summed E-state index contributed by atoms with van der Waals surface area (Å²) in [5.74, 6) is 0.313. The summed E-state index contributed by atoms with van der Waals surface area (Å²) < 4.78 is 0. The number of carboxylic acids is 1. The van der Waals surface area contributed by atoms with Gasteiger partial charge in [-0.25, -0.2) is 0 Å². The molecule has 0 aliphatic carbocycles. The molecule has 0 aromatic heterocycles. The summed E-state index contributed by atoms with van der Waals surface area (Å²) in [5.41, 5.74) is 0. The van der Waals surface area contributed by atoms with Crippen LogP contribution >= 0.6 is 0 Å². The van der Waals surface area contributed by atoms with Crippen LogP contribution in [0.3, 0.4) is 0 Å². The van der Waals surface area contributed by atoms with Crippen LogP contribution < -0.4 is 5.32 Å².